The van der Waals surface area contributed by atoms with Gasteiger partial charge < -0.3 is 10.0 Å². The molecule has 0 bridgehead atoms. The number of carboxylic acids is 1. The summed E-state index contributed by atoms with van der Waals surface area (Å²) < 4.78 is 37.2. The van der Waals surface area contributed by atoms with Crippen molar-refractivity contribution in [2.45, 2.75) is 19.5 Å². The first-order valence-electron chi connectivity index (χ1n) is 5.48. The fourth-order valence-electron chi connectivity index (χ4n) is 1.60. The molecule has 0 heterocycles. The monoisotopic (exact) mass is 261 g/mol. The molecule has 6 heteroatoms. The van der Waals surface area contributed by atoms with Crippen LogP contribution < -0.4 is 4.90 Å². The number of rotatable bonds is 5. The maximum Gasteiger partial charge on any atom is 0.405 e. The van der Waals surface area contributed by atoms with Gasteiger partial charge in [-0.25, -0.2) is 4.79 Å². The largest absolute Gasteiger partial charge is 0.478 e. The SMILES string of the molecule is CCCN(CC(F)(F)F)c1ccc(C(=O)O)cc1. The van der Waals surface area contributed by atoms with E-state index in [9.17, 15) is 18.0 Å². The molecule has 0 unspecified atom stereocenters. The lowest BCUT2D eigenvalue weighted by molar-refractivity contribution is -0.119. The standard InChI is InChI=1S/C12H14F3NO2/c1-2-7-16(8-12(13,14)15)10-5-3-9(4-6-10)11(17)18/h3-6H,2,7-8H2,1H3,(H,17,18). The Labute approximate surface area is 103 Å². The highest BCUT2D eigenvalue weighted by Crippen LogP contribution is 2.22. The topological polar surface area (TPSA) is 40.5 Å². The number of hydrogen-bond acceptors (Lipinski definition) is 2. The molecule has 100 valence electrons. The number of aromatic carboxylic acids is 1. The molecule has 0 aliphatic carbocycles. The first kappa shape index (κ1) is 14.3. The second-order valence-corrected chi connectivity index (χ2v) is 3.89. The Morgan fingerprint density at radius 3 is 2.22 bits per heavy atom. The molecule has 1 rings (SSSR count). The van der Waals surface area contributed by atoms with Gasteiger partial charge in [0.25, 0.3) is 0 Å². The summed E-state index contributed by atoms with van der Waals surface area (Å²) in [7, 11) is 0. The van der Waals surface area contributed by atoms with Gasteiger partial charge >= 0.3 is 12.1 Å². The van der Waals surface area contributed by atoms with E-state index in [0.29, 0.717) is 12.1 Å². The first-order valence-corrected chi connectivity index (χ1v) is 5.48. The van der Waals surface area contributed by atoms with Crippen LogP contribution in [0.15, 0.2) is 24.3 Å². The van der Waals surface area contributed by atoms with Crippen molar-refractivity contribution in [3.05, 3.63) is 29.8 Å². The second-order valence-electron chi connectivity index (χ2n) is 3.89. The molecule has 0 atom stereocenters. The van der Waals surface area contributed by atoms with Crippen LogP contribution in [-0.4, -0.2) is 30.3 Å². The number of alkyl halides is 3. The molecule has 0 saturated heterocycles. The van der Waals surface area contributed by atoms with E-state index < -0.39 is 18.7 Å². The lowest BCUT2D eigenvalue weighted by Crippen LogP contribution is -2.34. The second kappa shape index (κ2) is 5.75. The first-order chi connectivity index (χ1) is 8.33. The molecule has 18 heavy (non-hydrogen) atoms. The molecule has 0 aliphatic heterocycles. The Balaban J connectivity index is 2.88. The maximum absolute atomic E-state index is 12.4. The van der Waals surface area contributed by atoms with E-state index in [1.54, 1.807) is 6.92 Å². The van der Waals surface area contributed by atoms with Gasteiger partial charge in [-0.05, 0) is 30.7 Å². The summed E-state index contributed by atoms with van der Waals surface area (Å²) in [6.07, 6.45) is -3.70. The van der Waals surface area contributed by atoms with E-state index in [2.05, 4.69) is 0 Å². The Bertz CT molecular complexity index is 401. The average molecular weight is 261 g/mol. The zero-order valence-corrected chi connectivity index (χ0v) is 9.87. The third-order valence-corrected chi connectivity index (χ3v) is 2.34. The minimum Gasteiger partial charge on any atom is -0.478 e. The van der Waals surface area contributed by atoms with Crippen molar-refractivity contribution in [2.24, 2.45) is 0 Å². The van der Waals surface area contributed by atoms with Crippen molar-refractivity contribution in [1.29, 1.82) is 0 Å². The van der Waals surface area contributed by atoms with Crippen molar-refractivity contribution in [3.8, 4) is 0 Å². The summed E-state index contributed by atoms with van der Waals surface area (Å²) in [5, 5.41) is 8.71. The van der Waals surface area contributed by atoms with E-state index in [-0.39, 0.29) is 12.1 Å². The molecule has 1 N–H and O–H groups in total. The van der Waals surface area contributed by atoms with Crippen molar-refractivity contribution < 1.29 is 23.1 Å². The summed E-state index contributed by atoms with van der Waals surface area (Å²) in [5.74, 6) is -1.10. The van der Waals surface area contributed by atoms with E-state index >= 15 is 0 Å². The van der Waals surface area contributed by atoms with Gasteiger partial charge in [0.2, 0.25) is 0 Å². The molecule has 0 amide bonds. The summed E-state index contributed by atoms with van der Waals surface area (Å²) in [4.78, 5) is 11.8. The number of anilines is 1. The number of carboxylic acid groups (broad SMARTS) is 1. The predicted molar refractivity (Wildman–Crippen MR) is 62.0 cm³/mol. The van der Waals surface area contributed by atoms with Crippen LogP contribution in [-0.2, 0) is 0 Å². The van der Waals surface area contributed by atoms with Crippen LogP contribution in [0.25, 0.3) is 0 Å². The van der Waals surface area contributed by atoms with Gasteiger partial charge in [-0.15, -0.1) is 0 Å². The van der Waals surface area contributed by atoms with Gasteiger partial charge in [-0.3, -0.25) is 0 Å². The molecule has 0 aromatic heterocycles. The molecular formula is C12H14F3NO2. The lowest BCUT2D eigenvalue weighted by atomic mass is 10.2. The number of carbonyl (C=O) groups is 1. The third kappa shape index (κ3) is 4.27. The highest BCUT2D eigenvalue weighted by atomic mass is 19.4. The van der Waals surface area contributed by atoms with Gasteiger partial charge in [0.1, 0.15) is 6.54 Å². The van der Waals surface area contributed by atoms with Gasteiger partial charge in [-0.1, -0.05) is 6.92 Å². The minimum atomic E-state index is -4.28. The molecule has 0 fully saturated rings. The lowest BCUT2D eigenvalue weighted by Gasteiger charge is -2.25. The fraction of sp³-hybridized carbons (Fsp3) is 0.417. The Hall–Kier alpha value is -1.72. The van der Waals surface area contributed by atoms with Gasteiger partial charge in [-0.2, -0.15) is 13.2 Å². The molecule has 1 aromatic carbocycles. The predicted octanol–water partition coefficient (Wildman–Crippen LogP) is 3.16. The van der Waals surface area contributed by atoms with Crippen LogP contribution in [0.1, 0.15) is 23.7 Å². The van der Waals surface area contributed by atoms with Crippen LogP contribution >= 0.6 is 0 Å². The Kier molecular flexibility index (Phi) is 4.58. The minimum absolute atomic E-state index is 0.0576. The molecule has 1 aromatic rings. The highest BCUT2D eigenvalue weighted by Gasteiger charge is 2.30. The van der Waals surface area contributed by atoms with E-state index in [1.807, 2.05) is 0 Å². The summed E-state index contributed by atoms with van der Waals surface area (Å²) in [6.45, 7) is 1.02. The molecular weight excluding hydrogens is 247 g/mol. The molecule has 0 saturated carbocycles. The van der Waals surface area contributed by atoms with Crippen LogP contribution in [0.4, 0.5) is 18.9 Å². The third-order valence-electron chi connectivity index (χ3n) is 2.34. The number of benzene rings is 1. The number of nitrogens with zero attached hydrogens (tertiary/aromatic N) is 1. The maximum atomic E-state index is 12.4. The number of halogens is 3. The van der Waals surface area contributed by atoms with Crippen LogP contribution in [0, 0.1) is 0 Å². The van der Waals surface area contributed by atoms with Crippen molar-refractivity contribution in [1.82, 2.24) is 0 Å². The zero-order valence-electron chi connectivity index (χ0n) is 9.87. The van der Waals surface area contributed by atoms with Crippen molar-refractivity contribution >= 4 is 11.7 Å². The van der Waals surface area contributed by atoms with Crippen molar-refractivity contribution in [3.63, 3.8) is 0 Å². The normalized spacial score (nSPS) is 11.3. The smallest absolute Gasteiger partial charge is 0.405 e. The summed E-state index contributed by atoms with van der Waals surface area (Å²) in [6, 6.07) is 5.39. The molecule has 0 radical (unpaired) electrons. The zero-order chi connectivity index (χ0) is 13.8. The molecule has 0 aliphatic rings. The van der Waals surface area contributed by atoms with Gasteiger partial charge in [0.05, 0.1) is 5.56 Å². The highest BCUT2D eigenvalue weighted by molar-refractivity contribution is 5.88. The van der Waals surface area contributed by atoms with Crippen LogP contribution in [0.5, 0.6) is 0 Å². The Morgan fingerprint density at radius 2 is 1.83 bits per heavy atom. The van der Waals surface area contributed by atoms with E-state index in [0.717, 1.165) is 0 Å². The van der Waals surface area contributed by atoms with E-state index in [1.165, 1.54) is 29.2 Å². The average Bonchev–Trinajstić information content (AvgIpc) is 2.27. The summed E-state index contributed by atoms with van der Waals surface area (Å²) >= 11 is 0. The van der Waals surface area contributed by atoms with E-state index in [4.69, 9.17) is 5.11 Å². The van der Waals surface area contributed by atoms with Crippen LogP contribution in [0.3, 0.4) is 0 Å². The van der Waals surface area contributed by atoms with Gasteiger partial charge in [0.15, 0.2) is 0 Å². The number of hydrogen-bond donors (Lipinski definition) is 1. The fourth-order valence-corrected chi connectivity index (χ4v) is 1.60. The summed E-state index contributed by atoms with van der Waals surface area (Å²) in [5.41, 5.74) is 0.432. The quantitative estimate of drug-likeness (QED) is 0.885. The van der Waals surface area contributed by atoms with Crippen molar-refractivity contribution in [2.75, 3.05) is 18.0 Å². The molecule has 3 nitrogen and oxygen atoms in total. The van der Waals surface area contributed by atoms with Crippen LogP contribution in [0.2, 0.25) is 0 Å². The van der Waals surface area contributed by atoms with Gasteiger partial charge in [0, 0.05) is 12.2 Å². The Morgan fingerprint density at radius 1 is 1.28 bits per heavy atom. The molecule has 0 spiro atoms.